The molecule has 18 heavy (non-hydrogen) atoms. The fraction of sp³-hybridized carbons (Fsp3) is 0.200. The number of carboxylic acids is 1. The lowest BCUT2D eigenvalue weighted by Crippen LogP contribution is -2.32. The summed E-state index contributed by atoms with van der Waals surface area (Å²) in [5, 5.41) is 14.5. The average molecular weight is 269 g/mol. The number of H-pyrrole nitrogens is 1. The Kier molecular flexibility index (Phi) is 2.95. The summed E-state index contributed by atoms with van der Waals surface area (Å²) in [5.41, 5.74) is 0.957. The summed E-state index contributed by atoms with van der Waals surface area (Å²) in [6.07, 6.45) is 1.60. The van der Waals surface area contributed by atoms with E-state index in [-0.39, 0.29) is 0 Å². The van der Waals surface area contributed by atoms with Gasteiger partial charge in [0.05, 0.1) is 17.4 Å². The Balaban J connectivity index is 2.30. The second-order valence-electron chi connectivity index (χ2n) is 3.80. The van der Waals surface area contributed by atoms with Gasteiger partial charge in [0.15, 0.2) is 5.25 Å². The van der Waals surface area contributed by atoms with Gasteiger partial charge in [-0.3, -0.25) is 14.6 Å². The first-order valence-electron chi connectivity index (χ1n) is 5.08. The molecule has 0 aliphatic carbocycles. The van der Waals surface area contributed by atoms with Crippen LogP contribution in [0.1, 0.15) is 6.92 Å². The third kappa shape index (κ3) is 2.28. The monoisotopic (exact) mass is 269 g/mol. The minimum Gasteiger partial charge on any atom is -0.480 e. The fourth-order valence-electron chi connectivity index (χ4n) is 1.39. The van der Waals surface area contributed by atoms with Gasteiger partial charge in [0.2, 0.25) is 10.0 Å². The molecule has 0 aliphatic heterocycles. The van der Waals surface area contributed by atoms with E-state index in [1.54, 1.807) is 24.4 Å². The smallest absolute Gasteiger partial charge is 0.323 e. The molecule has 1 heterocycles. The Bertz CT molecular complexity index is 692. The molecule has 2 aromatic rings. The van der Waals surface area contributed by atoms with E-state index in [1.807, 2.05) is 0 Å². The summed E-state index contributed by atoms with van der Waals surface area (Å²) < 4.78 is 25.6. The molecule has 0 spiro atoms. The van der Waals surface area contributed by atoms with Crippen LogP contribution in [0.2, 0.25) is 0 Å². The van der Waals surface area contributed by atoms with Gasteiger partial charge in [-0.2, -0.15) is 5.10 Å². The van der Waals surface area contributed by atoms with Crippen LogP contribution in [0.4, 0.5) is 5.69 Å². The van der Waals surface area contributed by atoms with E-state index in [4.69, 9.17) is 5.11 Å². The molecule has 8 heteroatoms. The molecule has 7 nitrogen and oxygen atoms in total. The molecule has 2 rings (SSSR count). The van der Waals surface area contributed by atoms with Gasteiger partial charge in [-0.05, 0) is 25.1 Å². The second-order valence-corrected chi connectivity index (χ2v) is 5.80. The van der Waals surface area contributed by atoms with Crippen molar-refractivity contribution in [2.45, 2.75) is 12.2 Å². The molecule has 3 N–H and O–H groups in total. The number of aliphatic carboxylic acids is 1. The van der Waals surface area contributed by atoms with E-state index in [1.165, 1.54) is 0 Å². The standard InChI is InChI=1S/C10H11N3O4S/c1-6(10(14)15)18(16,17)13-8-3-2-7-5-11-12-9(7)4-8/h2-6,13H,1H3,(H,11,12)(H,14,15). The second kappa shape index (κ2) is 4.30. The van der Waals surface area contributed by atoms with Crippen molar-refractivity contribution in [1.82, 2.24) is 10.2 Å². The largest absolute Gasteiger partial charge is 0.480 e. The fourth-order valence-corrected chi connectivity index (χ4v) is 2.28. The number of hydrogen-bond acceptors (Lipinski definition) is 4. The minimum absolute atomic E-state index is 0.292. The van der Waals surface area contributed by atoms with Crippen LogP contribution >= 0.6 is 0 Å². The number of rotatable bonds is 4. The normalized spacial score (nSPS) is 13.4. The SMILES string of the molecule is CC(C(=O)O)S(=O)(=O)Nc1ccc2cn[nH]c2c1. The molecule has 1 unspecified atom stereocenters. The van der Waals surface area contributed by atoms with Crippen molar-refractivity contribution in [2.24, 2.45) is 0 Å². The predicted molar refractivity (Wildman–Crippen MR) is 65.7 cm³/mol. The van der Waals surface area contributed by atoms with E-state index in [2.05, 4.69) is 14.9 Å². The summed E-state index contributed by atoms with van der Waals surface area (Å²) >= 11 is 0. The van der Waals surface area contributed by atoms with Crippen LogP contribution in [0, 0.1) is 0 Å². The molecule has 1 aromatic heterocycles. The lowest BCUT2D eigenvalue weighted by molar-refractivity contribution is -0.136. The molecule has 0 amide bonds. The highest BCUT2D eigenvalue weighted by molar-refractivity contribution is 7.94. The quantitative estimate of drug-likeness (QED) is 0.759. The number of fused-ring (bicyclic) bond motifs is 1. The zero-order chi connectivity index (χ0) is 13.3. The van der Waals surface area contributed by atoms with Crippen LogP contribution in [-0.2, 0) is 14.8 Å². The molecule has 0 aliphatic rings. The zero-order valence-corrected chi connectivity index (χ0v) is 10.2. The third-order valence-corrected chi connectivity index (χ3v) is 4.17. The highest BCUT2D eigenvalue weighted by atomic mass is 32.2. The van der Waals surface area contributed by atoms with Crippen molar-refractivity contribution >= 4 is 32.6 Å². The van der Waals surface area contributed by atoms with Crippen molar-refractivity contribution in [1.29, 1.82) is 0 Å². The number of hydrogen-bond donors (Lipinski definition) is 3. The number of nitrogens with zero attached hydrogens (tertiary/aromatic N) is 1. The maximum atomic E-state index is 11.7. The van der Waals surface area contributed by atoms with E-state index in [0.29, 0.717) is 11.2 Å². The van der Waals surface area contributed by atoms with E-state index in [0.717, 1.165) is 12.3 Å². The Labute approximate surface area is 103 Å². The van der Waals surface area contributed by atoms with Gasteiger partial charge < -0.3 is 5.11 Å². The first-order valence-corrected chi connectivity index (χ1v) is 6.62. The molecule has 96 valence electrons. The predicted octanol–water partition coefficient (Wildman–Crippen LogP) is 0.778. The number of carboxylic acid groups (broad SMARTS) is 1. The van der Waals surface area contributed by atoms with Crippen molar-refractivity contribution < 1.29 is 18.3 Å². The summed E-state index contributed by atoms with van der Waals surface area (Å²) in [6, 6.07) is 4.78. The summed E-state index contributed by atoms with van der Waals surface area (Å²) in [4.78, 5) is 10.7. The molecule has 0 saturated heterocycles. The molecule has 0 radical (unpaired) electrons. The summed E-state index contributed by atoms with van der Waals surface area (Å²) in [7, 11) is -3.95. The number of aromatic nitrogens is 2. The van der Waals surface area contributed by atoms with Gasteiger partial charge in [-0.25, -0.2) is 8.42 Å². The lowest BCUT2D eigenvalue weighted by atomic mass is 10.2. The van der Waals surface area contributed by atoms with E-state index in [9.17, 15) is 13.2 Å². The van der Waals surface area contributed by atoms with Gasteiger partial charge >= 0.3 is 5.97 Å². The Hall–Kier alpha value is -2.09. The molecule has 0 bridgehead atoms. The van der Waals surface area contributed by atoms with Gasteiger partial charge in [-0.1, -0.05) is 0 Å². The van der Waals surface area contributed by atoms with Crippen molar-refractivity contribution in [2.75, 3.05) is 4.72 Å². The van der Waals surface area contributed by atoms with Gasteiger partial charge in [0.25, 0.3) is 0 Å². The maximum absolute atomic E-state index is 11.7. The van der Waals surface area contributed by atoms with Gasteiger partial charge in [0.1, 0.15) is 0 Å². The van der Waals surface area contributed by atoms with Crippen molar-refractivity contribution in [3.05, 3.63) is 24.4 Å². The molecule has 1 aromatic carbocycles. The maximum Gasteiger partial charge on any atom is 0.323 e. The van der Waals surface area contributed by atoms with Crippen molar-refractivity contribution in [3.8, 4) is 0 Å². The first kappa shape index (κ1) is 12.4. The number of benzene rings is 1. The molecule has 1 atom stereocenters. The summed E-state index contributed by atoms with van der Waals surface area (Å²) in [6.45, 7) is 1.11. The number of sulfonamides is 1. The Morgan fingerprint density at radius 1 is 1.50 bits per heavy atom. The zero-order valence-electron chi connectivity index (χ0n) is 9.41. The Morgan fingerprint density at radius 2 is 2.22 bits per heavy atom. The van der Waals surface area contributed by atoms with Crippen LogP contribution in [0.5, 0.6) is 0 Å². The van der Waals surface area contributed by atoms with Crippen LogP contribution in [-0.4, -0.2) is 34.9 Å². The number of anilines is 1. The number of carbonyl (C=O) groups is 1. The Morgan fingerprint density at radius 3 is 2.89 bits per heavy atom. The van der Waals surface area contributed by atoms with Crippen LogP contribution in [0.15, 0.2) is 24.4 Å². The topological polar surface area (TPSA) is 112 Å². The first-order chi connectivity index (χ1) is 8.40. The summed E-state index contributed by atoms with van der Waals surface area (Å²) in [5.74, 6) is -1.40. The van der Waals surface area contributed by atoms with Crippen LogP contribution in [0.25, 0.3) is 10.9 Å². The highest BCUT2D eigenvalue weighted by Crippen LogP contribution is 2.18. The molecular weight excluding hydrogens is 258 g/mol. The highest BCUT2D eigenvalue weighted by Gasteiger charge is 2.27. The van der Waals surface area contributed by atoms with Crippen LogP contribution < -0.4 is 4.72 Å². The molecule has 0 saturated carbocycles. The van der Waals surface area contributed by atoms with Gasteiger partial charge in [-0.15, -0.1) is 0 Å². The molecule has 0 fully saturated rings. The number of aromatic amines is 1. The molecular formula is C10H11N3O4S. The number of nitrogens with one attached hydrogen (secondary N) is 2. The van der Waals surface area contributed by atoms with Crippen molar-refractivity contribution in [3.63, 3.8) is 0 Å². The van der Waals surface area contributed by atoms with E-state index >= 15 is 0 Å². The lowest BCUT2D eigenvalue weighted by Gasteiger charge is -2.11. The minimum atomic E-state index is -3.95. The average Bonchev–Trinajstić information content (AvgIpc) is 2.74. The van der Waals surface area contributed by atoms with E-state index < -0.39 is 21.2 Å². The van der Waals surface area contributed by atoms with Crippen LogP contribution in [0.3, 0.4) is 0 Å². The third-order valence-electron chi connectivity index (χ3n) is 2.52. The van der Waals surface area contributed by atoms with Gasteiger partial charge in [0, 0.05) is 5.39 Å².